The molecule has 1 nitrogen and oxygen atoms in total. The third-order valence-electron chi connectivity index (χ3n) is 1.43. The second kappa shape index (κ2) is 3.10. The van der Waals surface area contributed by atoms with Crippen molar-refractivity contribution in [2.45, 2.75) is 6.92 Å². The Labute approximate surface area is 80.0 Å². The van der Waals surface area contributed by atoms with E-state index in [0.717, 1.165) is 5.56 Å². The van der Waals surface area contributed by atoms with Crippen LogP contribution >= 0.6 is 34.8 Å². The van der Waals surface area contributed by atoms with Gasteiger partial charge in [-0.15, -0.1) is 0 Å². The van der Waals surface area contributed by atoms with Gasteiger partial charge in [-0.1, -0.05) is 34.8 Å². The monoisotopic (exact) mass is 209 g/mol. The van der Waals surface area contributed by atoms with Crippen LogP contribution in [0.2, 0.25) is 15.1 Å². The van der Waals surface area contributed by atoms with Crippen LogP contribution in [-0.4, -0.2) is 0 Å². The van der Waals surface area contributed by atoms with Gasteiger partial charge in [-0.25, -0.2) is 0 Å². The van der Waals surface area contributed by atoms with E-state index in [1.54, 1.807) is 13.0 Å². The summed E-state index contributed by atoms with van der Waals surface area (Å²) in [5.41, 5.74) is 6.67. The van der Waals surface area contributed by atoms with Gasteiger partial charge in [0, 0.05) is 5.02 Å². The van der Waals surface area contributed by atoms with Crippen LogP contribution < -0.4 is 5.73 Å². The molecule has 1 rings (SSSR count). The fourth-order valence-corrected chi connectivity index (χ4v) is 1.47. The first-order chi connectivity index (χ1) is 5.04. The number of nitrogens with two attached hydrogens (primary N) is 1. The maximum atomic E-state index is 5.79. The summed E-state index contributed by atoms with van der Waals surface area (Å²) in [6.45, 7) is 1.79. The van der Waals surface area contributed by atoms with Crippen LogP contribution in [0.1, 0.15) is 5.56 Å². The zero-order chi connectivity index (χ0) is 8.59. The number of hydrogen-bond acceptors (Lipinski definition) is 1. The van der Waals surface area contributed by atoms with Crippen molar-refractivity contribution in [1.29, 1.82) is 0 Å². The largest absolute Gasteiger partial charge is 0.396 e. The molecule has 0 fully saturated rings. The quantitative estimate of drug-likeness (QED) is 0.651. The normalized spacial score (nSPS) is 10.2. The Morgan fingerprint density at radius 1 is 1.18 bits per heavy atom. The molecule has 0 aromatic heterocycles. The molecule has 11 heavy (non-hydrogen) atoms. The summed E-state index contributed by atoms with van der Waals surface area (Å²) < 4.78 is 0. The van der Waals surface area contributed by atoms with Gasteiger partial charge in [-0.2, -0.15) is 0 Å². The first-order valence-corrected chi connectivity index (χ1v) is 4.07. The van der Waals surface area contributed by atoms with Crippen molar-refractivity contribution >= 4 is 40.5 Å². The zero-order valence-corrected chi connectivity index (χ0v) is 8.06. The predicted molar refractivity (Wildman–Crippen MR) is 50.6 cm³/mol. The van der Waals surface area contributed by atoms with Crippen LogP contribution in [0.4, 0.5) is 5.69 Å². The summed E-state index contributed by atoms with van der Waals surface area (Å²) in [6.07, 6.45) is 0. The third kappa shape index (κ3) is 1.56. The number of nitrogen functional groups attached to an aromatic ring is 1. The minimum atomic E-state index is 0.384. The Kier molecular flexibility index (Phi) is 2.53. The first-order valence-electron chi connectivity index (χ1n) is 2.93. The van der Waals surface area contributed by atoms with Crippen molar-refractivity contribution in [2.24, 2.45) is 0 Å². The average Bonchev–Trinajstić information content (AvgIpc) is 1.97. The van der Waals surface area contributed by atoms with E-state index in [2.05, 4.69) is 0 Å². The van der Waals surface area contributed by atoms with Crippen molar-refractivity contribution in [2.75, 3.05) is 5.73 Å². The Morgan fingerprint density at radius 2 is 1.73 bits per heavy atom. The highest BCUT2D eigenvalue weighted by molar-refractivity contribution is 6.42. The molecule has 1 aromatic carbocycles. The molecular weight excluding hydrogens is 204 g/mol. The number of benzene rings is 1. The van der Waals surface area contributed by atoms with Gasteiger partial charge in [-0.05, 0) is 18.6 Å². The fourth-order valence-electron chi connectivity index (χ4n) is 0.709. The average molecular weight is 210 g/mol. The highest BCUT2D eigenvalue weighted by Crippen LogP contribution is 2.34. The van der Waals surface area contributed by atoms with E-state index in [1.165, 1.54) is 0 Å². The lowest BCUT2D eigenvalue weighted by Gasteiger charge is -2.05. The minimum Gasteiger partial charge on any atom is -0.396 e. The van der Waals surface area contributed by atoms with Gasteiger partial charge in [0.25, 0.3) is 0 Å². The minimum absolute atomic E-state index is 0.384. The number of hydrogen-bond donors (Lipinski definition) is 1. The van der Waals surface area contributed by atoms with Gasteiger partial charge in [0.1, 0.15) is 0 Å². The maximum absolute atomic E-state index is 5.79. The fraction of sp³-hybridized carbons (Fsp3) is 0.143. The molecule has 0 saturated carbocycles. The summed E-state index contributed by atoms with van der Waals surface area (Å²) in [6, 6.07) is 1.58. The lowest BCUT2D eigenvalue weighted by Crippen LogP contribution is -1.90. The van der Waals surface area contributed by atoms with Gasteiger partial charge in [0.15, 0.2) is 0 Å². The molecule has 0 aliphatic heterocycles. The van der Waals surface area contributed by atoms with E-state index >= 15 is 0 Å². The Balaban J connectivity index is 3.46. The lowest BCUT2D eigenvalue weighted by molar-refractivity contribution is 1.47. The van der Waals surface area contributed by atoms with Crippen LogP contribution in [0.25, 0.3) is 0 Å². The van der Waals surface area contributed by atoms with Crippen molar-refractivity contribution < 1.29 is 0 Å². The number of halogens is 3. The van der Waals surface area contributed by atoms with Gasteiger partial charge in [-0.3, -0.25) is 0 Å². The van der Waals surface area contributed by atoms with Crippen LogP contribution in [0.5, 0.6) is 0 Å². The summed E-state index contributed by atoms with van der Waals surface area (Å²) in [5.74, 6) is 0. The first kappa shape index (κ1) is 8.98. The molecular formula is C7H6Cl3N. The van der Waals surface area contributed by atoms with E-state index < -0.39 is 0 Å². The van der Waals surface area contributed by atoms with Crippen LogP contribution in [0.15, 0.2) is 6.07 Å². The standard InChI is InChI=1S/C7H6Cl3N/c1-3-4(8)2-5(9)7(11)6(3)10/h2H,11H2,1H3. The molecule has 4 heteroatoms. The molecule has 0 bridgehead atoms. The molecule has 60 valence electrons. The summed E-state index contributed by atoms with van der Waals surface area (Å²) >= 11 is 17.3. The van der Waals surface area contributed by atoms with E-state index in [9.17, 15) is 0 Å². The van der Waals surface area contributed by atoms with Gasteiger partial charge >= 0.3 is 0 Å². The van der Waals surface area contributed by atoms with Crippen LogP contribution in [0, 0.1) is 6.92 Å². The highest BCUT2D eigenvalue weighted by Gasteiger charge is 2.08. The number of rotatable bonds is 0. The van der Waals surface area contributed by atoms with E-state index in [1.807, 2.05) is 0 Å². The molecule has 0 saturated heterocycles. The van der Waals surface area contributed by atoms with E-state index in [0.29, 0.717) is 20.8 Å². The molecule has 0 atom stereocenters. The van der Waals surface area contributed by atoms with Crippen LogP contribution in [0.3, 0.4) is 0 Å². The molecule has 0 amide bonds. The second-order valence-corrected chi connectivity index (χ2v) is 3.39. The molecule has 0 unspecified atom stereocenters. The maximum Gasteiger partial charge on any atom is 0.0696 e. The SMILES string of the molecule is Cc1c(Cl)cc(Cl)c(N)c1Cl. The van der Waals surface area contributed by atoms with Crippen molar-refractivity contribution in [3.05, 3.63) is 26.7 Å². The topological polar surface area (TPSA) is 26.0 Å². The summed E-state index contributed by atoms with van der Waals surface area (Å²) in [5, 5.41) is 1.36. The van der Waals surface area contributed by atoms with Gasteiger partial charge in [0.05, 0.1) is 15.7 Å². The molecule has 2 N–H and O–H groups in total. The number of anilines is 1. The van der Waals surface area contributed by atoms with Gasteiger partial charge in [0.2, 0.25) is 0 Å². The van der Waals surface area contributed by atoms with Crippen LogP contribution in [-0.2, 0) is 0 Å². The third-order valence-corrected chi connectivity index (χ3v) is 2.63. The molecule has 0 aliphatic carbocycles. The lowest BCUT2D eigenvalue weighted by atomic mass is 10.2. The summed E-state index contributed by atoms with van der Waals surface area (Å²) in [7, 11) is 0. The van der Waals surface area contributed by atoms with Crippen molar-refractivity contribution in [1.82, 2.24) is 0 Å². The van der Waals surface area contributed by atoms with E-state index in [-0.39, 0.29) is 0 Å². The molecule has 1 aromatic rings. The highest BCUT2D eigenvalue weighted by atomic mass is 35.5. The molecule has 0 aliphatic rings. The summed E-state index contributed by atoms with van der Waals surface area (Å²) in [4.78, 5) is 0. The molecule has 0 spiro atoms. The van der Waals surface area contributed by atoms with Crippen molar-refractivity contribution in [3.8, 4) is 0 Å². The Bertz CT molecular complexity index is 270. The second-order valence-electron chi connectivity index (χ2n) is 2.19. The molecule has 0 heterocycles. The van der Waals surface area contributed by atoms with Gasteiger partial charge < -0.3 is 5.73 Å². The Hall–Kier alpha value is -0.110. The smallest absolute Gasteiger partial charge is 0.0696 e. The Morgan fingerprint density at radius 3 is 2.27 bits per heavy atom. The zero-order valence-electron chi connectivity index (χ0n) is 5.79. The van der Waals surface area contributed by atoms with Crippen molar-refractivity contribution in [3.63, 3.8) is 0 Å². The van der Waals surface area contributed by atoms with E-state index in [4.69, 9.17) is 40.5 Å². The predicted octanol–water partition coefficient (Wildman–Crippen LogP) is 3.54. The molecule has 0 radical (unpaired) electrons.